The number of alkyl halides is 9. The molecule has 1 amide bonds. The lowest BCUT2D eigenvalue weighted by Gasteiger charge is -2.46. The number of piperazine rings is 1. The number of hydrogen-bond acceptors (Lipinski definition) is 8. The highest BCUT2D eigenvalue weighted by Crippen LogP contribution is 2.37. The highest BCUT2D eigenvalue weighted by Gasteiger charge is 2.51. The quantitative estimate of drug-likeness (QED) is 0.352. The van der Waals surface area contributed by atoms with E-state index in [1.54, 1.807) is 5.10 Å². The minimum atomic E-state index is -4.97. The monoisotopic (exact) mass is 632 g/mol. The van der Waals surface area contributed by atoms with E-state index in [-0.39, 0.29) is 37.8 Å². The first-order valence-corrected chi connectivity index (χ1v) is 12.7. The first-order chi connectivity index (χ1) is 20.0. The zero-order valence-electron chi connectivity index (χ0n) is 22.2. The molecule has 43 heavy (non-hydrogen) atoms. The van der Waals surface area contributed by atoms with Gasteiger partial charge in [0.05, 0.1) is 56.3 Å². The van der Waals surface area contributed by atoms with Gasteiger partial charge >= 0.3 is 18.5 Å². The van der Waals surface area contributed by atoms with Crippen LogP contribution in [-0.2, 0) is 33.2 Å². The predicted octanol–water partition coefficient (Wildman–Crippen LogP) is 3.59. The summed E-state index contributed by atoms with van der Waals surface area (Å²) in [6.45, 7) is -0.975. The van der Waals surface area contributed by atoms with Crippen molar-refractivity contribution in [2.75, 3.05) is 43.1 Å². The normalized spacial score (nSPS) is 20.2. The number of halogens is 9. The number of rotatable bonds is 7. The Morgan fingerprint density at radius 1 is 1.14 bits per heavy atom. The molecule has 0 aromatic carbocycles. The van der Waals surface area contributed by atoms with Gasteiger partial charge in [-0.25, -0.2) is 10.1 Å². The van der Waals surface area contributed by atoms with Gasteiger partial charge < -0.3 is 24.6 Å². The Labute approximate surface area is 237 Å². The Balaban J connectivity index is 1.39. The lowest BCUT2D eigenvalue weighted by molar-refractivity contribution is -0.193. The fourth-order valence-electron chi connectivity index (χ4n) is 4.83. The van der Waals surface area contributed by atoms with Gasteiger partial charge in [0, 0.05) is 30.9 Å². The molecule has 2 aromatic heterocycles. The van der Waals surface area contributed by atoms with E-state index < -0.39 is 84.4 Å². The van der Waals surface area contributed by atoms with Crippen molar-refractivity contribution in [3.8, 4) is 0 Å². The SMILES string of the molecule is C[C@@H](COCCC(=O)N1C[C@@H]2COCc3cc(C(F)(F)F)cnc3N2C[C@H]1C(F)(F)F)Nc1cn[nH]c(=O)c1C(F)(F)F. The number of ether oxygens (including phenoxy) is 2. The molecule has 2 aromatic rings. The van der Waals surface area contributed by atoms with Gasteiger partial charge in [-0.15, -0.1) is 0 Å². The van der Waals surface area contributed by atoms with Crippen LogP contribution in [-0.4, -0.2) is 83.2 Å². The average Bonchev–Trinajstić information content (AvgIpc) is 3.07. The van der Waals surface area contributed by atoms with E-state index in [9.17, 15) is 49.1 Å². The third-order valence-corrected chi connectivity index (χ3v) is 6.77. The summed E-state index contributed by atoms with van der Waals surface area (Å²) in [5, 5.41) is 7.45. The fraction of sp³-hybridized carbons (Fsp3) is 0.583. The molecule has 0 spiro atoms. The maximum Gasteiger partial charge on any atom is 0.423 e. The molecule has 0 unspecified atom stereocenters. The van der Waals surface area contributed by atoms with E-state index in [0.717, 1.165) is 12.3 Å². The number of nitrogens with one attached hydrogen (secondary N) is 2. The molecule has 4 heterocycles. The van der Waals surface area contributed by atoms with Crippen molar-refractivity contribution in [2.24, 2.45) is 0 Å². The van der Waals surface area contributed by atoms with Crippen molar-refractivity contribution in [3.05, 3.63) is 45.5 Å². The molecule has 19 heteroatoms. The molecular formula is C24H25F9N6O4. The van der Waals surface area contributed by atoms with Crippen LogP contribution in [0.1, 0.15) is 30.0 Å². The Morgan fingerprint density at radius 2 is 1.86 bits per heavy atom. The first kappa shape index (κ1) is 32.3. The second-order valence-electron chi connectivity index (χ2n) is 9.99. The van der Waals surface area contributed by atoms with Crippen molar-refractivity contribution in [3.63, 3.8) is 0 Å². The second-order valence-corrected chi connectivity index (χ2v) is 9.99. The third-order valence-electron chi connectivity index (χ3n) is 6.77. The molecule has 2 N–H and O–H groups in total. The number of H-pyrrole nitrogens is 1. The topological polar surface area (TPSA) is 113 Å². The van der Waals surface area contributed by atoms with Crippen LogP contribution in [0.25, 0.3) is 0 Å². The number of aromatic nitrogens is 3. The van der Waals surface area contributed by atoms with Gasteiger partial charge in [-0.3, -0.25) is 9.59 Å². The standard InChI is InChI=1S/C24H25F9N6O4/c1-12(36-16-6-35-37-21(41)19(16)24(31,32)33)9-42-3-2-18(40)39-7-15-11-43-10-13-4-14(22(25,26)27)5-34-20(13)38(15)8-17(39)23(28,29)30/h4-6,12,15,17H,2-3,7-11H2,1H3,(H2,36,37,41)/t12-,15+,17-/m0/s1. The number of carbonyl (C=O) groups excluding carboxylic acids is 1. The fourth-order valence-corrected chi connectivity index (χ4v) is 4.83. The smallest absolute Gasteiger partial charge is 0.379 e. The van der Waals surface area contributed by atoms with Crippen LogP contribution in [0.3, 0.4) is 0 Å². The van der Waals surface area contributed by atoms with Gasteiger partial charge in [0.2, 0.25) is 5.91 Å². The number of pyridine rings is 1. The third kappa shape index (κ3) is 7.49. The van der Waals surface area contributed by atoms with Gasteiger partial charge in [-0.05, 0) is 13.0 Å². The van der Waals surface area contributed by atoms with Crippen LogP contribution in [0.4, 0.5) is 51.0 Å². The Bertz CT molecular complexity index is 1360. The largest absolute Gasteiger partial charge is 0.423 e. The predicted molar refractivity (Wildman–Crippen MR) is 130 cm³/mol. The van der Waals surface area contributed by atoms with Crippen molar-refractivity contribution >= 4 is 17.4 Å². The minimum Gasteiger partial charge on any atom is -0.379 e. The summed E-state index contributed by atoms with van der Waals surface area (Å²) in [6, 6.07) is -3.19. The van der Waals surface area contributed by atoms with Gasteiger partial charge in [0.15, 0.2) is 0 Å². The zero-order chi connectivity index (χ0) is 31.7. The number of hydrogen-bond donors (Lipinski definition) is 2. The summed E-state index contributed by atoms with van der Waals surface area (Å²) in [4.78, 5) is 30.1. The van der Waals surface area contributed by atoms with Gasteiger partial charge in [-0.1, -0.05) is 0 Å². The van der Waals surface area contributed by atoms with Gasteiger partial charge in [-0.2, -0.15) is 44.6 Å². The van der Waals surface area contributed by atoms with Crippen LogP contribution < -0.4 is 15.8 Å². The summed E-state index contributed by atoms with van der Waals surface area (Å²) in [7, 11) is 0. The molecule has 0 radical (unpaired) electrons. The Hall–Kier alpha value is -3.61. The highest BCUT2D eigenvalue weighted by molar-refractivity contribution is 5.77. The van der Waals surface area contributed by atoms with Gasteiger partial charge in [0.1, 0.15) is 17.4 Å². The number of amides is 1. The number of fused-ring (bicyclic) bond motifs is 3. The zero-order valence-corrected chi connectivity index (χ0v) is 22.2. The molecule has 0 saturated carbocycles. The summed E-state index contributed by atoms with van der Waals surface area (Å²) in [5.74, 6) is -1.02. The number of carbonyl (C=O) groups is 1. The van der Waals surface area contributed by atoms with Crippen LogP contribution in [0.5, 0.6) is 0 Å². The van der Waals surface area contributed by atoms with E-state index in [0.29, 0.717) is 11.1 Å². The van der Waals surface area contributed by atoms with Crippen LogP contribution in [0.2, 0.25) is 0 Å². The molecule has 2 aliphatic heterocycles. The number of anilines is 2. The molecular weight excluding hydrogens is 607 g/mol. The van der Waals surface area contributed by atoms with Crippen molar-refractivity contribution in [1.29, 1.82) is 0 Å². The van der Waals surface area contributed by atoms with Crippen molar-refractivity contribution in [2.45, 2.75) is 56.6 Å². The molecule has 0 aliphatic carbocycles. The molecule has 4 rings (SSSR count). The van der Waals surface area contributed by atoms with Crippen molar-refractivity contribution < 1.29 is 53.8 Å². The lowest BCUT2D eigenvalue weighted by Crippen LogP contribution is -2.65. The van der Waals surface area contributed by atoms with E-state index >= 15 is 0 Å². The molecule has 1 fully saturated rings. The Morgan fingerprint density at radius 3 is 2.51 bits per heavy atom. The molecule has 1 saturated heterocycles. The average molecular weight is 632 g/mol. The van der Waals surface area contributed by atoms with E-state index in [1.165, 1.54) is 11.8 Å². The molecule has 2 aliphatic rings. The first-order valence-electron chi connectivity index (χ1n) is 12.7. The van der Waals surface area contributed by atoms with Crippen LogP contribution in [0, 0.1) is 0 Å². The number of aromatic amines is 1. The number of nitrogens with zero attached hydrogens (tertiary/aromatic N) is 4. The van der Waals surface area contributed by atoms with E-state index in [1.807, 2.05) is 0 Å². The maximum atomic E-state index is 14.1. The summed E-state index contributed by atoms with van der Waals surface area (Å²) in [5.41, 5.74) is -4.67. The van der Waals surface area contributed by atoms with E-state index in [4.69, 9.17) is 9.47 Å². The van der Waals surface area contributed by atoms with Crippen LogP contribution >= 0.6 is 0 Å². The molecule has 3 atom stereocenters. The molecule has 238 valence electrons. The summed E-state index contributed by atoms with van der Waals surface area (Å²) in [6.07, 6.45) is -13.8. The summed E-state index contributed by atoms with van der Waals surface area (Å²) < 4.78 is 132. The van der Waals surface area contributed by atoms with Gasteiger partial charge in [0.25, 0.3) is 5.56 Å². The lowest BCUT2D eigenvalue weighted by atomic mass is 10.0. The van der Waals surface area contributed by atoms with E-state index in [2.05, 4.69) is 15.4 Å². The maximum absolute atomic E-state index is 14.1. The Kier molecular flexibility index (Phi) is 9.15. The summed E-state index contributed by atoms with van der Waals surface area (Å²) >= 11 is 0. The minimum absolute atomic E-state index is 0.0348. The second kappa shape index (κ2) is 12.2. The van der Waals surface area contributed by atoms with Crippen molar-refractivity contribution in [1.82, 2.24) is 20.1 Å². The van der Waals surface area contributed by atoms with Crippen LogP contribution in [0.15, 0.2) is 23.3 Å². The molecule has 10 nitrogen and oxygen atoms in total. The molecule has 0 bridgehead atoms. The highest BCUT2D eigenvalue weighted by atomic mass is 19.4.